The molecule has 0 saturated carbocycles. The largest absolute Gasteiger partial charge is 0.465 e. The summed E-state index contributed by atoms with van der Waals surface area (Å²) in [5.74, 6) is -0.407. The number of methoxy groups -OCH3 is 1. The van der Waals surface area contributed by atoms with E-state index in [0.717, 1.165) is 34.6 Å². The van der Waals surface area contributed by atoms with Gasteiger partial charge in [0, 0.05) is 41.7 Å². The van der Waals surface area contributed by atoms with Gasteiger partial charge in [-0.3, -0.25) is 9.78 Å². The van der Waals surface area contributed by atoms with E-state index in [4.69, 9.17) is 4.74 Å². The molecule has 0 unspecified atom stereocenters. The van der Waals surface area contributed by atoms with E-state index in [-0.39, 0.29) is 11.9 Å². The van der Waals surface area contributed by atoms with E-state index in [1.165, 1.54) is 7.11 Å². The third-order valence-corrected chi connectivity index (χ3v) is 4.48. The number of esters is 1. The molecule has 1 aliphatic heterocycles. The monoisotopic (exact) mass is 347 g/mol. The molecule has 0 spiro atoms. The number of ether oxygens (including phenoxy) is 1. The molecule has 2 N–H and O–H groups in total. The first kappa shape index (κ1) is 16.1. The minimum absolute atomic E-state index is 0.0403. The minimum atomic E-state index is -0.367. The van der Waals surface area contributed by atoms with Crippen LogP contribution in [-0.4, -0.2) is 35.5 Å². The molecule has 6 heteroatoms. The number of H-pyrrole nitrogens is 1. The molecule has 0 bridgehead atoms. The molecule has 0 atom stereocenters. The van der Waals surface area contributed by atoms with Crippen LogP contribution in [-0.2, 0) is 11.2 Å². The van der Waals surface area contributed by atoms with Crippen LogP contribution in [0, 0.1) is 0 Å². The van der Waals surface area contributed by atoms with Crippen LogP contribution in [0.2, 0.25) is 0 Å². The highest BCUT2D eigenvalue weighted by atomic mass is 16.5. The van der Waals surface area contributed by atoms with E-state index in [2.05, 4.69) is 15.3 Å². The Morgan fingerprint density at radius 2 is 1.92 bits per heavy atom. The summed E-state index contributed by atoms with van der Waals surface area (Å²) in [6.07, 6.45) is 2.53. The summed E-state index contributed by atoms with van der Waals surface area (Å²) in [7, 11) is 1.36. The van der Waals surface area contributed by atoms with Crippen molar-refractivity contribution in [2.45, 2.75) is 6.42 Å². The van der Waals surface area contributed by atoms with Crippen molar-refractivity contribution in [1.82, 2.24) is 15.3 Å². The van der Waals surface area contributed by atoms with Crippen LogP contribution in [0.3, 0.4) is 0 Å². The number of aromatic amines is 1. The Labute approximate surface area is 150 Å². The lowest BCUT2D eigenvalue weighted by Crippen LogP contribution is -2.31. The van der Waals surface area contributed by atoms with Crippen LogP contribution in [0.15, 0.2) is 48.7 Å². The molecule has 0 saturated heterocycles. The zero-order chi connectivity index (χ0) is 18.1. The lowest BCUT2D eigenvalue weighted by atomic mass is 10.1. The molecule has 1 aliphatic rings. The number of benzene rings is 1. The summed E-state index contributed by atoms with van der Waals surface area (Å²) >= 11 is 0. The lowest BCUT2D eigenvalue weighted by Gasteiger charge is -2.10. The highest BCUT2D eigenvalue weighted by Crippen LogP contribution is 2.27. The number of pyridine rings is 1. The van der Waals surface area contributed by atoms with E-state index < -0.39 is 0 Å². The van der Waals surface area contributed by atoms with Gasteiger partial charge in [-0.25, -0.2) is 4.79 Å². The fourth-order valence-corrected chi connectivity index (χ4v) is 3.10. The van der Waals surface area contributed by atoms with Crippen LogP contribution in [0.1, 0.15) is 26.4 Å². The molecular weight excluding hydrogens is 330 g/mol. The molecule has 0 radical (unpaired) electrons. The van der Waals surface area contributed by atoms with Crippen molar-refractivity contribution in [3.8, 4) is 22.5 Å². The predicted octanol–water partition coefficient (Wildman–Crippen LogP) is 2.82. The average molecular weight is 347 g/mol. The summed E-state index contributed by atoms with van der Waals surface area (Å²) in [5.41, 5.74) is 5.69. The quantitative estimate of drug-likeness (QED) is 0.714. The normalized spacial score (nSPS) is 13.0. The van der Waals surface area contributed by atoms with Gasteiger partial charge in [-0.05, 0) is 30.3 Å². The minimum Gasteiger partial charge on any atom is -0.465 e. The number of nitrogens with zero attached hydrogens (tertiary/aromatic N) is 1. The Morgan fingerprint density at radius 1 is 1.12 bits per heavy atom. The second-order valence-corrected chi connectivity index (χ2v) is 6.08. The van der Waals surface area contributed by atoms with Gasteiger partial charge >= 0.3 is 5.97 Å². The topological polar surface area (TPSA) is 84.1 Å². The van der Waals surface area contributed by atoms with Crippen LogP contribution in [0.4, 0.5) is 0 Å². The van der Waals surface area contributed by atoms with Crippen molar-refractivity contribution in [2.75, 3.05) is 13.7 Å². The third kappa shape index (κ3) is 2.86. The molecule has 1 amide bonds. The van der Waals surface area contributed by atoms with E-state index in [1.54, 1.807) is 18.3 Å². The standard InChI is InChI=1S/C20H17N3O3/c1-26-20(25)13-4-2-12(3-5-13)17-10-14(6-8-21-17)18-11-15-16(23-18)7-9-22-19(15)24/h2-6,8,10-11,23H,7,9H2,1H3,(H,22,24). The Hall–Kier alpha value is -3.41. The number of hydrogen-bond acceptors (Lipinski definition) is 4. The zero-order valence-corrected chi connectivity index (χ0v) is 14.2. The average Bonchev–Trinajstić information content (AvgIpc) is 3.13. The van der Waals surface area contributed by atoms with Gasteiger partial charge in [-0.2, -0.15) is 0 Å². The SMILES string of the molecule is COC(=O)c1ccc(-c2cc(-c3cc4c([nH]3)CCNC4=O)ccn2)cc1. The lowest BCUT2D eigenvalue weighted by molar-refractivity contribution is 0.0600. The number of fused-ring (bicyclic) bond motifs is 1. The van der Waals surface area contributed by atoms with Crippen LogP contribution in [0.25, 0.3) is 22.5 Å². The van der Waals surface area contributed by atoms with Gasteiger partial charge in [-0.1, -0.05) is 12.1 Å². The number of aromatic nitrogens is 2. The first-order valence-electron chi connectivity index (χ1n) is 8.31. The van der Waals surface area contributed by atoms with E-state index in [1.807, 2.05) is 30.3 Å². The van der Waals surface area contributed by atoms with E-state index in [0.29, 0.717) is 17.7 Å². The number of nitrogens with one attached hydrogen (secondary N) is 2. The predicted molar refractivity (Wildman–Crippen MR) is 96.8 cm³/mol. The Kier molecular flexibility index (Phi) is 4.01. The molecule has 0 aliphatic carbocycles. The molecule has 1 aromatic carbocycles. The van der Waals surface area contributed by atoms with Crippen LogP contribution >= 0.6 is 0 Å². The van der Waals surface area contributed by atoms with Crippen molar-refractivity contribution >= 4 is 11.9 Å². The molecule has 26 heavy (non-hydrogen) atoms. The van der Waals surface area contributed by atoms with Gasteiger partial charge < -0.3 is 15.0 Å². The number of amides is 1. The summed E-state index contributed by atoms with van der Waals surface area (Å²) in [6, 6.07) is 12.9. The Morgan fingerprint density at radius 3 is 2.65 bits per heavy atom. The molecular formula is C20H17N3O3. The van der Waals surface area contributed by atoms with E-state index in [9.17, 15) is 9.59 Å². The summed E-state index contributed by atoms with van der Waals surface area (Å²) < 4.78 is 4.72. The first-order valence-corrected chi connectivity index (χ1v) is 8.31. The molecule has 0 fully saturated rings. The van der Waals surface area contributed by atoms with Gasteiger partial charge in [0.05, 0.1) is 23.9 Å². The molecule has 130 valence electrons. The summed E-state index contributed by atoms with van der Waals surface area (Å²) in [6.45, 7) is 0.653. The van der Waals surface area contributed by atoms with Gasteiger partial charge in [0.1, 0.15) is 0 Å². The molecule has 6 nitrogen and oxygen atoms in total. The highest BCUT2D eigenvalue weighted by Gasteiger charge is 2.20. The van der Waals surface area contributed by atoms with Crippen molar-refractivity contribution in [1.29, 1.82) is 0 Å². The number of carbonyl (C=O) groups is 2. The number of carbonyl (C=O) groups excluding carboxylic acids is 2. The van der Waals surface area contributed by atoms with Crippen molar-refractivity contribution in [3.63, 3.8) is 0 Å². The second-order valence-electron chi connectivity index (χ2n) is 6.08. The van der Waals surface area contributed by atoms with Gasteiger partial charge in [0.2, 0.25) is 0 Å². The number of hydrogen-bond donors (Lipinski definition) is 2. The summed E-state index contributed by atoms with van der Waals surface area (Å²) in [4.78, 5) is 31.3. The van der Waals surface area contributed by atoms with Crippen molar-refractivity contribution in [3.05, 3.63) is 65.5 Å². The van der Waals surface area contributed by atoms with E-state index >= 15 is 0 Å². The smallest absolute Gasteiger partial charge is 0.337 e. The Balaban J connectivity index is 1.67. The second kappa shape index (κ2) is 6.48. The molecule has 4 rings (SSSR count). The van der Waals surface area contributed by atoms with Gasteiger partial charge in [0.25, 0.3) is 5.91 Å². The van der Waals surface area contributed by atoms with Crippen LogP contribution < -0.4 is 5.32 Å². The Bertz CT molecular complexity index is 990. The van der Waals surface area contributed by atoms with Crippen molar-refractivity contribution < 1.29 is 14.3 Å². The van der Waals surface area contributed by atoms with Gasteiger partial charge in [-0.15, -0.1) is 0 Å². The maximum absolute atomic E-state index is 11.9. The highest BCUT2D eigenvalue weighted by molar-refractivity contribution is 5.97. The fraction of sp³-hybridized carbons (Fsp3) is 0.150. The maximum Gasteiger partial charge on any atom is 0.337 e. The molecule has 2 aromatic heterocycles. The molecule has 3 aromatic rings. The van der Waals surface area contributed by atoms with Gasteiger partial charge in [0.15, 0.2) is 0 Å². The number of rotatable bonds is 3. The molecule has 3 heterocycles. The fourth-order valence-electron chi connectivity index (χ4n) is 3.10. The van der Waals surface area contributed by atoms with Crippen molar-refractivity contribution in [2.24, 2.45) is 0 Å². The zero-order valence-electron chi connectivity index (χ0n) is 14.2. The maximum atomic E-state index is 11.9. The summed E-state index contributed by atoms with van der Waals surface area (Å²) in [5, 5.41) is 2.85. The van der Waals surface area contributed by atoms with Crippen LogP contribution in [0.5, 0.6) is 0 Å². The third-order valence-electron chi connectivity index (χ3n) is 4.48. The first-order chi connectivity index (χ1) is 12.7.